The van der Waals surface area contributed by atoms with Crippen molar-refractivity contribution in [3.8, 4) is 0 Å². The minimum atomic E-state index is -0.00583. The number of carbonyl (C=O) groups is 1. The van der Waals surface area contributed by atoms with E-state index < -0.39 is 0 Å². The minimum absolute atomic E-state index is 0.00583. The summed E-state index contributed by atoms with van der Waals surface area (Å²) in [5, 5.41) is 3.56. The van der Waals surface area contributed by atoms with Crippen LogP contribution in [0.3, 0.4) is 0 Å². The van der Waals surface area contributed by atoms with Crippen LogP contribution < -0.4 is 5.32 Å². The van der Waals surface area contributed by atoms with Gasteiger partial charge < -0.3 is 10.2 Å². The van der Waals surface area contributed by atoms with Gasteiger partial charge in [0.15, 0.2) is 0 Å². The molecule has 3 nitrogen and oxygen atoms in total. The van der Waals surface area contributed by atoms with Crippen molar-refractivity contribution in [1.82, 2.24) is 10.2 Å². The number of hydrogen-bond donors (Lipinski definition) is 1. The maximum absolute atomic E-state index is 12.2. The summed E-state index contributed by atoms with van der Waals surface area (Å²) in [5.41, 5.74) is 0. The zero-order valence-corrected chi connectivity index (χ0v) is 12.1. The van der Waals surface area contributed by atoms with Gasteiger partial charge in [-0.3, -0.25) is 4.79 Å². The summed E-state index contributed by atoms with van der Waals surface area (Å²) in [6.45, 7) is 8.64. The van der Waals surface area contributed by atoms with Gasteiger partial charge in [-0.05, 0) is 50.9 Å². The Labute approximate surface area is 111 Å². The van der Waals surface area contributed by atoms with Crippen LogP contribution in [0.25, 0.3) is 0 Å². The molecule has 2 rings (SSSR count). The first kappa shape index (κ1) is 13.9. The van der Waals surface area contributed by atoms with Crippen LogP contribution in [-0.2, 0) is 4.79 Å². The van der Waals surface area contributed by atoms with E-state index in [1.54, 1.807) is 0 Å². The van der Waals surface area contributed by atoms with Crippen molar-refractivity contribution >= 4 is 5.91 Å². The molecule has 1 saturated heterocycles. The highest BCUT2D eigenvalue weighted by Crippen LogP contribution is 2.29. The van der Waals surface area contributed by atoms with Crippen molar-refractivity contribution in [2.24, 2.45) is 11.8 Å². The molecular weight excluding hydrogens is 224 g/mol. The van der Waals surface area contributed by atoms with Crippen molar-refractivity contribution in [2.75, 3.05) is 13.1 Å². The second kappa shape index (κ2) is 6.05. The first-order valence-electron chi connectivity index (χ1n) is 7.62. The number of nitrogens with zero attached hydrogens (tertiary/aromatic N) is 1. The lowest BCUT2D eigenvalue weighted by Crippen LogP contribution is -2.49. The molecule has 18 heavy (non-hydrogen) atoms. The summed E-state index contributed by atoms with van der Waals surface area (Å²) in [6, 6.07) is 0.534. The van der Waals surface area contributed by atoms with E-state index >= 15 is 0 Å². The molecule has 4 unspecified atom stereocenters. The average Bonchev–Trinajstić information content (AvgIpc) is 2.86. The smallest absolute Gasteiger partial charge is 0.239 e. The fraction of sp³-hybridized carbons (Fsp3) is 0.933. The fourth-order valence-electron chi connectivity index (χ4n) is 3.34. The minimum Gasteiger partial charge on any atom is -0.341 e. The Morgan fingerprint density at radius 3 is 2.44 bits per heavy atom. The number of rotatable bonds is 3. The van der Waals surface area contributed by atoms with Crippen LogP contribution in [0.1, 0.15) is 52.9 Å². The number of carbonyl (C=O) groups excluding carboxylic acids is 1. The van der Waals surface area contributed by atoms with E-state index in [-0.39, 0.29) is 6.04 Å². The van der Waals surface area contributed by atoms with Gasteiger partial charge in [-0.15, -0.1) is 0 Å². The second-order valence-corrected chi connectivity index (χ2v) is 6.39. The van der Waals surface area contributed by atoms with E-state index in [0.29, 0.717) is 11.9 Å². The zero-order chi connectivity index (χ0) is 13.1. The van der Waals surface area contributed by atoms with Crippen LogP contribution in [0.15, 0.2) is 0 Å². The highest BCUT2D eigenvalue weighted by atomic mass is 16.2. The number of nitrogens with one attached hydrogen (secondary N) is 1. The van der Waals surface area contributed by atoms with Gasteiger partial charge in [0.25, 0.3) is 0 Å². The van der Waals surface area contributed by atoms with Crippen LogP contribution >= 0.6 is 0 Å². The molecule has 1 heterocycles. The molecule has 4 atom stereocenters. The third-order valence-corrected chi connectivity index (χ3v) is 4.87. The molecule has 1 aliphatic heterocycles. The van der Waals surface area contributed by atoms with Gasteiger partial charge in [-0.1, -0.05) is 13.8 Å². The molecule has 2 aliphatic rings. The normalized spacial score (nSPS) is 34.6. The van der Waals surface area contributed by atoms with Gasteiger partial charge in [0.05, 0.1) is 6.04 Å². The Kier molecular flexibility index (Phi) is 4.66. The number of hydrogen-bond acceptors (Lipinski definition) is 2. The molecule has 0 aromatic heterocycles. The topological polar surface area (TPSA) is 32.3 Å². The van der Waals surface area contributed by atoms with Gasteiger partial charge >= 0.3 is 0 Å². The Morgan fingerprint density at radius 2 is 1.83 bits per heavy atom. The molecule has 2 fully saturated rings. The SMILES string of the molecule is CC(NC1CCC(C)C(C)C1)C(=O)N1CCCC1. The molecule has 0 bridgehead atoms. The molecule has 3 heteroatoms. The lowest BCUT2D eigenvalue weighted by atomic mass is 9.79. The van der Waals surface area contributed by atoms with Gasteiger partial charge in [0.1, 0.15) is 0 Å². The Hall–Kier alpha value is -0.570. The van der Waals surface area contributed by atoms with Crippen LogP contribution in [0, 0.1) is 11.8 Å². The molecule has 0 aromatic carbocycles. The maximum Gasteiger partial charge on any atom is 0.239 e. The van der Waals surface area contributed by atoms with Gasteiger partial charge in [0.2, 0.25) is 5.91 Å². The molecule has 104 valence electrons. The molecule has 0 spiro atoms. The van der Waals surface area contributed by atoms with E-state index in [1.807, 2.05) is 11.8 Å². The summed E-state index contributed by atoms with van der Waals surface area (Å²) < 4.78 is 0. The van der Waals surface area contributed by atoms with E-state index in [1.165, 1.54) is 32.1 Å². The lowest BCUT2D eigenvalue weighted by Gasteiger charge is -2.34. The lowest BCUT2D eigenvalue weighted by molar-refractivity contribution is -0.132. The molecule has 0 radical (unpaired) electrons. The Morgan fingerprint density at radius 1 is 1.17 bits per heavy atom. The summed E-state index contributed by atoms with van der Waals surface area (Å²) in [5.74, 6) is 1.93. The zero-order valence-electron chi connectivity index (χ0n) is 12.1. The van der Waals surface area contributed by atoms with Crippen molar-refractivity contribution < 1.29 is 4.79 Å². The summed E-state index contributed by atoms with van der Waals surface area (Å²) >= 11 is 0. The predicted octanol–water partition coefficient (Wildman–Crippen LogP) is 2.41. The standard InChI is InChI=1S/C15H28N2O/c1-11-6-7-14(10-12(11)2)16-13(3)15(18)17-8-4-5-9-17/h11-14,16H,4-10H2,1-3H3. The molecule has 1 N–H and O–H groups in total. The highest BCUT2D eigenvalue weighted by Gasteiger charge is 2.29. The Bertz CT molecular complexity index is 286. The largest absolute Gasteiger partial charge is 0.341 e. The maximum atomic E-state index is 12.2. The highest BCUT2D eigenvalue weighted by molar-refractivity contribution is 5.81. The van der Waals surface area contributed by atoms with Crippen molar-refractivity contribution in [2.45, 2.75) is 65.0 Å². The number of likely N-dealkylation sites (tertiary alicyclic amines) is 1. The average molecular weight is 252 g/mol. The van der Waals surface area contributed by atoms with Crippen molar-refractivity contribution in [3.05, 3.63) is 0 Å². The van der Waals surface area contributed by atoms with Gasteiger partial charge in [-0.2, -0.15) is 0 Å². The quantitative estimate of drug-likeness (QED) is 0.836. The first-order valence-corrected chi connectivity index (χ1v) is 7.62. The van der Waals surface area contributed by atoms with E-state index in [9.17, 15) is 4.79 Å². The Balaban J connectivity index is 1.79. The predicted molar refractivity (Wildman–Crippen MR) is 74.4 cm³/mol. The molecule has 1 amide bonds. The van der Waals surface area contributed by atoms with Crippen molar-refractivity contribution in [3.63, 3.8) is 0 Å². The third kappa shape index (κ3) is 3.25. The van der Waals surface area contributed by atoms with Gasteiger partial charge in [-0.25, -0.2) is 0 Å². The summed E-state index contributed by atoms with van der Waals surface area (Å²) in [7, 11) is 0. The third-order valence-electron chi connectivity index (χ3n) is 4.87. The van der Waals surface area contributed by atoms with Crippen molar-refractivity contribution in [1.29, 1.82) is 0 Å². The van der Waals surface area contributed by atoms with Crippen LogP contribution in [0.2, 0.25) is 0 Å². The fourth-order valence-corrected chi connectivity index (χ4v) is 3.34. The van der Waals surface area contributed by atoms with Crippen LogP contribution in [0.4, 0.5) is 0 Å². The summed E-state index contributed by atoms with van der Waals surface area (Å²) in [6.07, 6.45) is 6.10. The monoisotopic (exact) mass is 252 g/mol. The van der Waals surface area contributed by atoms with Gasteiger partial charge in [0, 0.05) is 19.1 Å². The molecular formula is C15H28N2O. The van der Waals surface area contributed by atoms with E-state index in [2.05, 4.69) is 19.2 Å². The first-order chi connectivity index (χ1) is 8.58. The molecule has 1 aliphatic carbocycles. The second-order valence-electron chi connectivity index (χ2n) is 6.39. The van der Waals surface area contributed by atoms with E-state index in [4.69, 9.17) is 0 Å². The summed E-state index contributed by atoms with van der Waals surface area (Å²) in [4.78, 5) is 14.2. The van der Waals surface area contributed by atoms with Crippen LogP contribution in [-0.4, -0.2) is 36.0 Å². The molecule has 1 saturated carbocycles. The molecule has 0 aromatic rings. The number of amides is 1. The van der Waals surface area contributed by atoms with Crippen LogP contribution in [0.5, 0.6) is 0 Å². The van der Waals surface area contributed by atoms with E-state index in [0.717, 1.165) is 24.9 Å².